The number of nitrogens with one attached hydrogen (secondary N) is 1. The van der Waals surface area contributed by atoms with Gasteiger partial charge in [0.2, 0.25) is 0 Å². The molecule has 0 spiro atoms. The highest BCUT2D eigenvalue weighted by atomic mass is 19.1. The van der Waals surface area contributed by atoms with Crippen molar-refractivity contribution >= 4 is 11.6 Å². The van der Waals surface area contributed by atoms with Crippen LogP contribution in [-0.4, -0.2) is 61.8 Å². The standard InChI is InChI=1S/C18H28F2N4O/c1-4-21-17(22-12-18(2,3)13-25)24-9-7-23(8-10-24)16-11-14(19)5-6-15(16)20/h5-6,11,25H,4,7-10,12-13H2,1-3H3,(H,21,22). The van der Waals surface area contributed by atoms with Crippen molar-refractivity contribution in [3.63, 3.8) is 0 Å². The summed E-state index contributed by atoms with van der Waals surface area (Å²) in [6.45, 7) is 9.79. The zero-order valence-corrected chi connectivity index (χ0v) is 15.2. The van der Waals surface area contributed by atoms with E-state index in [2.05, 4.69) is 15.2 Å². The number of piperazine rings is 1. The molecule has 1 fully saturated rings. The van der Waals surface area contributed by atoms with Gasteiger partial charge >= 0.3 is 0 Å². The molecular weight excluding hydrogens is 326 g/mol. The molecule has 0 aliphatic carbocycles. The molecule has 7 heteroatoms. The lowest BCUT2D eigenvalue weighted by Gasteiger charge is -2.38. The van der Waals surface area contributed by atoms with E-state index < -0.39 is 11.6 Å². The molecule has 1 aliphatic rings. The quantitative estimate of drug-likeness (QED) is 0.628. The van der Waals surface area contributed by atoms with Gasteiger partial charge in [-0.15, -0.1) is 0 Å². The van der Waals surface area contributed by atoms with Crippen molar-refractivity contribution in [2.75, 3.05) is 50.8 Å². The lowest BCUT2D eigenvalue weighted by molar-refractivity contribution is 0.166. The highest BCUT2D eigenvalue weighted by molar-refractivity contribution is 5.80. The average molecular weight is 354 g/mol. The van der Waals surface area contributed by atoms with Gasteiger partial charge in [-0.3, -0.25) is 4.99 Å². The van der Waals surface area contributed by atoms with Gasteiger partial charge in [-0.25, -0.2) is 8.78 Å². The summed E-state index contributed by atoms with van der Waals surface area (Å²) in [4.78, 5) is 8.60. The number of aliphatic hydroxyl groups is 1. The van der Waals surface area contributed by atoms with Crippen LogP contribution >= 0.6 is 0 Å². The molecule has 0 saturated carbocycles. The first-order valence-electron chi connectivity index (χ1n) is 8.70. The van der Waals surface area contributed by atoms with E-state index in [1.165, 1.54) is 12.1 Å². The van der Waals surface area contributed by atoms with Crippen molar-refractivity contribution in [3.8, 4) is 0 Å². The van der Waals surface area contributed by atoms with Gasteiger partial charge in [-0.05, 0) is 19.1 Å². The van der Waals surface area contributed by atoms with E-state index in [-0.39, 0.29) is 12.0 Å². The molecule has 1 aliphatic heterocycles. The number of hydrogen-bond donors (Lipinski definition) is 2. The topological polar surface area (TPSA) is 51.1 Å². The Hall–Kier alpha value is -1.89. The number of anilines is 1. The van der Waals surface area contributed by atoms with Crippen LogP contribution in [0, 0.1) is 17.0 Å². The van der Waals surface area contributed by atoms with Crippen molar-refractivity contribution in [1.82, 2.24) is 10.2 Å². The Balaban J connectivity index is 2.03. The van der Waals surface area contributed by atoms with Crippen molar-refractivity contribution in [1.29, 1.82) is 0 Å². The fraction of sp³-hybridized carbons (Fsp3) is 0.611. The first kappa shape index (κ1) is 19.4. The van der Waals surface area contributed by atoms with Gasteiger partial charge < -0.3 is 20.2 Å². The van der Waals surface area contributed by atoms with E-state index in [1.54, 1.807) is 0 Å². The Bertz CT molecular complexity index is 599. The Labute approximate surface area is 148 Å². The molecule has 2 N–H and O–H groups in total. The lowest BCUT2D eigenvalue weighted by Crippen LogP contribution is -2.53. The summed E-state index contributed by atoms with van der Waals surface area (Å²) in [5, 5.41) is 12.6. The third kappa shape index (κ3) is 5.29. The van der Waals surface area contributed by atoms with Gasteiger partial charge in [0.25, 0.3) is 0 Å². The highest BCUT2D eigenvalue weighted by Gasteiger charge is 2.23. The van der Waals surface area contributed by atoms with Gasteiger partial charge in [0.1, 0.15) is 11.6 Å². The number of benzene rings is 1. The smallest absolute Gasteiger partial charge is 0.194 e. The number of guanidine groups is 1. The molecule has 0 bridgehead atoms. The molecular formula is C18H28F2N4O. The number of halogens is 2. The summed E-state index contributed by atoms with van der Waals surface area (Å²) < 4.78 is 27.3. The average Bonchev–Trinajstić information content (AvgIpc) is 2.61. The first-order chi connectivity index (χ1) is 11.9. The SMILES string of the molecule is CCNC(=NCC(C)(C)CO)N1CCN(c2cc(F)ccc2F)CC1. The molecule has 0 amide bonds. The van der Waals surface area contributed by atoms with E-state index in [0.29, 0.717) is 38.4 Å². The molecule has 1 saturated heterocycles. The van der Waals surface area contributed by atoms with Crippen molar-refractivity contribution in [2.45, 2.75) is 20.8 Å². The molecule has 0 radical (unpaired) electrons. The normalized spacial score (nSPS) is 16.3. The maximum Gasteiger partial charge on any atom is 0.194 e. The third-order valence-corrected chi connectivity index (χ3v) is 4.25. The molecule has 1 aromatic carbocycles. The summed E-state index contributed by atoms with van der Waals surface area (Å²) in [6, 6.07) is 3.54. The summed E-state index contributed by atoms with van der Waals surface area (Å²) in [5.74, 6) is -0.0385. The number of hydrogen-bond acceptors (Lipinski definition) is 3. The predicted molar refractivity (Wildman–Crippen MR) is 97.0 cm³/mol. The van der Waals surface area contributed by atoms with Crippen molar-refractivity contribution in [2.24, 2.45) is 10.4 Å². The van der Waals surface area contributed by atoms with E-state index in [0.717, 1.165) is 18.6 Å². The van der Waals surface area contributed by atoms with E-state index in [4.69, 9.17) is 0 Å². The second kappa shape index (κ2) is 8.47. The van der Waals surface area contributed by atoms with Gasteiger partial charge in [-0.1, -0.05) is 13.8 Å². The maximum atomic E-state index is 13.9. The summed E-state index contributed by atoms with van der Waals surface area (Å²) in [6.07, 6.45) is 0. The van der Waals surface area contributed by atoms with Gasteiger partial charge in [-0.2, -0.15) is 0 Å². The molecule has 0 atom stereocenters. The molecule has 140 valence electrons. The van der Waals surface area contributed by atoms with E-state index >= 15 is 0 Å². The van der Waals surface area contributed by atoms with Crippen LogP contribution in [0.5, 0.6) is 0 Å². The molecule has 1 aromatic rings. The fourth-order valence-electron chi connectivity index (χ4n) is 2.65. The Kier molecular flexibility index (Phi) is 6.58. The minimum Gasteiger partial charge on any atom is -0.396 e. The van der Waals surface area contributed by atoms with Gasteiger partial charge in [0, 0.05) is 50.8 Å². The largest absolute Gasteiger partial charge is 0.396 e. The molecule has 0 unspecified atom stereocenters. The molecule has 5 nitrogen and oxygen atoms in total. The van der Waals surface area contributed by atoms with Crippen LogP contribution in [0.2, 0.25) is 0 Å². The zero-order valence-electron chi connectivity index (χ0n) is 15.2. The van der Waals surface area contributed by atoms with Crippen LogP contribution in [0.15, 0.2) is 23.2 Å². The maximum absolute atomic E-state index is 13.9. The fourth-order valence-corrected chi connectivity index (χ4v) is 2.65. The lowest BCUT2D eigenvalue weighted by atomic mass is 9.95. The summed E-state index contributed by atoms with van der Waals surface area (Å²) in [7, 11) is 0. The predicted octanol–water partition coefficient (Wildman–Crippen LogP) is 2.07. The van der Waals surface area contributed by atoms with Crippen LogP contribution < -0.4 is 10.2 Å². The second-order valence-electron chi connectivity index (χ2n) is 7.06. The summed E-state index contributed by atoms with van der Waals surface area (Å²) >= 11 is 0. The zero-order chi connectivity index (χ0) is 18.4. The number of aliphatic imine (C=N–C) groups is 1. The minimum atomic E-state index is -0.431. The van der Waals surface area contributed by atoms with Gasteiger partial charge in [0.05, 0.1) is 12.2 Å². The third-order valence-electron chi connectivity index (χ3n) is 4.25. The Morgan fingerprint density at radius 2 is 1.92 bits per heavy atom. The summed E-state index contributed by atoms with van der Waals surface area (Å²) in [5.41, 5.74) is 0.0377. The molecule has 0 aromatic heterocycles. The first-order valence-corrected chi connectivity index (χ1v) is 8.70. The van der Waals surface area contributed by atoms with Gasteiger partial charge in [0.15, 0.2) is 5.96 Å². The molecule has 1 heterocycles. The van der Waals surface area contributed by atoms with Crippen LogP contribution in [0.4, 0.5) is 14.5 Å². The van der Waals surface area contributed by atoms with Crippen LogP contribution in [0.3, 0.4) is 0 Å². The number of aliphatic hydroxyl groups excluding tert-OH is 1. The highest BCUT2D eigenvalue weighted by Crippen LogP contribution is 2.22. The monoisotopic (exact) mass is 354 g/mol. The molecule has 2 rings (SSSR count). The van der Waals surface area contributed by atoms with E-state index in [9.17, 15) is 13.9 Å². The Morgan fingerprint density at radius 1 is 1.24 bits per heavy atom. The van der Waals surface area contributed by atoms with Crippen molar-refractivity contribution < 1.29 is 13.9 Å². The number of nitrogens with zero attached hydrogens (tertiary/aromatic N) is 3. The van der Waals surface area contributed by atoms with Crippen molar-refractivity contribution in [3.05, 3.63) is 29.8 Å². The van der Waals surface area contributed by atoms with Crippen LogP contribution in [0.1, 0.15) is 20.8 Å². The molecule has 25 heavy (non-hydrogen) atoms. The second-order valence-corrected chi connectivity index (χ2v) is 7.06. The minimum absolute atomic E-state index is 0.0720. The Morgan fingerprint density at radius 3 is 2.52 bits per heavy atom. The van der Waals surface area contributed by atoms with E-state index in [1.807, 2.05) is 25.7 Å². The van der Waals surface area contributed by atoms with Crippen LogP contribution in [0.25, 0.3) is 0 Å². The number of rotatable bonds is 5. The van der Waals surface area contributed by atoms with Crippen LogP contribution in [-0.2, 0) is 0 Å².